The summed E-state index contributed by atoms with van der Waals surface area (Å²) in [5.74, 6) is 0.155. The molecule has 3 N–H and O–H groups in total. The van der Waals surface area contributed by atoms with Gasteiger partial charge in [-0.15, -0.1) is 0 Å². The fourth-order valence-corrected chi connectivity index (χ4v) is 2.80. The van der Waals surface area contributed by atoms with Crippen molar-refractivity contribution >= 4 is 17.5 Å². The van der Waals surface area contributed by atoms with E-state index in [1.54, 1.807) is 0 Å². The molecule has 1 heterocycles. The Labute approximate surface area is 124 Å². The van der Waals surface area contributed by atoms with Crippen LogP contribution in [0.4, 0.5) is 0 Å². The van der Waals surface area contributed by atoms with Crippen molar-refractivity contribution in [2.24, 2.45) is 11.7 Å². The largest absolute Gasteiger partial charge is 0.381 e. The molecule has 0 saturated carbocycles. The Hall–Kier alpha value is -1.10. The summed E-state index contributed by atoms with van der Waals surface area (Å²) in [5.41, 5.74) is 6.35. The number of nitrogens with two attached hydrogens (primary N) is 1. The number of nitrogens with one attached hydrogen (secondary N) is 1. The Balaban J connectivity index is 2.08. The van der Waals surface area contributed by atoms with Gasteiger partial charge in [0.25, 0.3) is 0 Å². The minimum Gasteiger partial charge on any atom is -0.381 e. The van der Waals surface area contributed by atoms with Crippen molar-refractivity contribution in [1.29, 1.82) is 0 Å². The summed E-state index contributed by atoms with van der Waals surface area (Å²) in [6.07, 6.45) is 1.31. The van der Waals surface area contributed by atoms with Crippen LogP contribution in [0.25, 0.3) is 0 Å². The summed E-state index contributed by atoms with van der Waals surface area (Å²) in [6, 6.07) is 7.70. The maximum absolute atomic E-state index is 11.3. The molecule has 0 spiro atoms. The van der Waals surface area contributed by atoms with E-state index in [0.29, 0.717) is 10.9 Å². The number of carbonyl (C=O) groups is 1. The second-order valence-electron chi connectivity index (χ2n) is 5.36. The molecule has 1 saturated heterocycles. The van der Waals surface area contributed by atoms with Crippen molar-refractivity contribution < 1.29 is 9.53 Å². The van der Waals surface area contributed by atoms with Crippen LogP contribution < -0.4 is 11.1 Å². The van der Waals surface area contributed by atoms with Crippen LogP contribution in [0.2, 0.25) is 5.02 Å². The van der Waals surface area contributed by atoms with Crippen LogP contribution in [0.1, 0.15) is 31.4 Å². The monoisotopic (exact) mass is 296 g/mol. The zero-order chi connectivity index (χ0) is 14.5. The second-order valence-corrected chi connectivity index (χ2v) is 5.79. The quantitative estimate of drug-likeness (QED) is 0.846. The molecular formula is C15H21ClN2O2. The lowest BCUT2D eigenvalue weighted by Crippen LogP contribution is -2.38. The molecule has 20 heavy (non-hydrogen) atoms. The number of amides is 1. The molecule has 0 bridgehead atoms. The molecule has 4 nitrogen and oxygen atoms in total. The molecule has 5 heteroatoms. The lowest BCUT2D eigenvalue weighted by Gasteiger charge is -2.26. The first-order valence-corrected chi connectivity index (χ1v) is 7.31. The summed E-state index contributed by atoms with van der Waals surface area (Å²) in [4.78, 5) is 11.3. The molecule has 0 aromatic heterocycles. The summed E-state index contributed by atoms with van der Waals surface area (Å²) in [6.45, 7) is 3.71. The third-order valence-electron chi connectivity index (χ3n) is 3.79. The van der Waals surface area contributed by atoms with Crippen molar-refractivity contribution in [3.05, 3.63) is 34.9 Å². The topological polar surface area (TPSA) is 64.3 Å². The van der Waals surface area contributed by atoms with Crippen LogP contribution in [0.5, 0.6) is 0 Å². The van der Waals surface area contributed by atoms with Crippen molar-refractivity contribution in [2.45, 2.75) is 31.8 Å². The van der Waals surface area contributed by atoms with Gasteiger partial charge in [0.2, 0.25) is 5.91 Å². The van der Waals surface area contributed by atoms with Gasteiger partial charge in [0.1, 0.15) is 0 Å². The van der Waals surface area contributed by atoms with E-state index >= 15 is 0 Å². The Kier molecular flexibility index (Phi) is 5.40. The minimum absolute atomic E-state index is 0.109. The lowest BCUT2D eigenvalue weighted by molar-refractivity contribution is -0.118. The molecule has 2 rings (SSSR count). The van der Waals surface area contributed by atoms with E-state index in [1.165, 1.54) is 0 Å². The number of carbonyl (C=O) groups excluding carboxylic acids is 1. The summed E-state index contributed by atoms with van der Waals surface area (Å²) >= 11 is 6.03. The van der Waals surface area contributed by atoms with E-state index in [-0.39, 0.29) is 24.4 Å². The summed E-state index contributed by atoms with van der Waals surface area (Å²) in [5, 5.41) is 4.16. The molecule has 110 valence electrons. The second kappa shape index (κ2) is 7.07. The molecule has 0 aliphatic carbocycles. The molecule has 0 radical (unpaired) electrons. The predicted molar refractivity (Wildman–Crippen MR) is 79.5 cm³/mol. The van der Waals surface area contributed by atoms with E-state index in [0.717, 1.165) is 25.2 Å². The highest BCUT2D eigenvalue weighted by atomic mass is 35.5. The van der Waals surface area contributed by atoms with Crippen molar-refractivity contribution in [3.8, 4) is 0 Å². The van der Waals surface area contributed by atoms with Gasteiger partial charge in [0.05, 0.1) is 6.61 Å². The number of hydrogen-bond acceptors (Lipinski definition) is 3. The molecular weight excluding hydrogens is 276 g/mol. The van der Waals surface area contributed by atoms with Gasteiger partial charge >= 0.3 is 0 Å². The fraction of sp³-hybridized carbons (Fsp3) is 0.533. The summed E-state index contributed by atoms with van der Waals surface area (Å²) < 4.78 is 5.41. The Morgan fingerprint density at radius 3 is 3.00 bits per heavy atom. The highest BCUT2D eigenvalue weighted by Crippen LogP contribution is 2.24. The van der Waals surface area contributed by atoms with Crippen LogP contribution >= 0.6 is 11.6 Å². The average Bonchev–Trinajstić information content (AvgIpc) is 2.91. The first kappa shape index (κ1) is 15.3. The van der Waals surface area contributed by atoms with Gasteiger partial charge in [0, 0.05) is 30.1 Å². The number of primary amides is 1. The van der Waals surface area contributed by atoms with Crippen LogP contribution in [0.3, 0.4) is 0 Å². The molecule has 1 amide bonds. The maximum atomic E-state index is 11.3. The van der Waals surface area contributed by atoms with E-state index in [9.17, 15) is 4.79 Å². The minimum atomic E-state index is -0.322. The van der Waals surface area contributed by atoms with Crippen LogP contribution in [-0.4, -0.2) is 25.2 Å². The Morgan fingerprint density at radius 1 is 1.60 bits per heavy atom. The molecule has 1 aliphatic heterocycles. The molecule has 1 aromatic rings. The first-order chi connectivity index (χ1) is 9.56. The number of ether oxygens (including phenoxy) is 1. The van der Waals surface area contributed by atoms with Gasteiger partial charge in [-0.2, -0.15) is 0 Å². The number of halogens is 1. The van der Waals surface area contributed by atoms with Crippen molar-refractivity contribution in [3.63, 3.8) is 0 Å². The third kappa shape index (κ3) is 4.20. The SMILES string of the molecule is C[C@H](N[C@H](CC(N)=O)c1cccc(Cl)c1)[C@@H]1CCOC1. The predicted octanol–water partition coefficient (Wildman–Crippen LogP) is 2.27. The zero-order valence-electron chi connectivity index (χ0n) is 11.6. The average molecular weight is 297 g/mol. The first-order valence-electron chi connectivity index (χ1n) is 6.94. The van der Waals surface area contributed by atoms with E-state index < -0.39 is 0 Å². The van der Waals surface area contributed by atoms with E-state index in [4.69, 9.17) is 22.1 Å². The zero-order valence-corrected chi connectivity index (χ0v) is 12.4. The van der Waals surface area contributed by atoms with Crippen LogP contribution in [0.15, 0.2) is 24.3 Å². The fourth-order valence-electron chi connectivity index (χ4n) is 2.60. The highest BCUT2D eigenvalue weighted by molar-refractivity contribution is 6.30. The van der Waals surface area contributed by atoms with Gasteiger partial charge in [-0.1, -0.05) is 23.7 Å². The maximum Gasteiger partial charge on any atom is 0.219 e. The molecule has 3 atom stereocenters. The van der Waals surface area contributed by atoms with Gasteiger partial charge in [0.15, 0.2) is 0 Å². The van der Waals surface area contributed by atoms with Gasteiger partial charge < -0.3 is 15.8 Å². The third-order valence-corrected chi connectivity index (χ3v) is 4.03. The van der Waals surface area contributed by atoms with Crippen molar-refractivity contribution in [2.75, 3.05) is 13.2 Å². The Bertz CT molecular complexity index is 461. The van der Waals surface area contributed by atoms with E-state index in [1.807, 2.05) is 24.3 Å². The number of hydrogen-bond donors (Lipinski definition) is 2. The summed E-state index contributed by atoms with van der Waals surface area (Å²) in [7, 11) is 0. The molecule has 0 unspecified atom stereocenters. The van der Waals surface area contributed by atoms with E-state index in [2.05, 4.69) is 12.2 Å². The molecule has 1 aromatic carbocycles. The molecule has 1 fully saturated rings. The number of benzene rings is 1. The normalized spacial score (nSPS) is 21.6. The van der Waals surface area contributed by atoms with Crippen LogP contribution in [0, 0.1) is 5.92 Å². The van der Waals surface area contributed by atoms with Gasteiger partial charge in [-0.05, 0) is 37.0 Å². The van der Waals surface area contributed by atoms with Crippen LogP contribution in [-0.2, 0) is 9.53 Å². The Morgan fingerprint density at radius 2 is 2.40 bits per heavy atom. The van der Waals surface area contributed by atoms with Gasteiger partial charge in [-0.25, -0.2) is 0 Å². The molecule has 1 aliphatic rings. The smallest absolute Gasteiger partial charge is 0.219 e. The van der Waals surface area contributed by atoms with Gasteiger partial charge in [-0.3, -0.25) is 4.79 Å². The lowest BCUT2D eigenvalue weighted by atomic mass is 9.96. The number of rotatable bonds is 6. The highest BCUT2D eigenvalue weighted by Gasteiger charge is 2.25. The van der Waals surface area contributed by atoms with Crippen molar-refractivity contribution in [1.82, 2.24) is 5.32 Å². The standard InChI is InChI=1S/C15H21ClN2O2/c1-10(12-5-6-20-9-12)18-14(8-15(17)19)11-3-2-4-13(16)7-11/h2-4,7,10,12,14,18H,5-6,8-9H2,1H3,(H2,17,19)/t10-,12+,14+/m0/s1.